The second-order valence-electron chi connectivity index (χ2n) is 4.02. The largest absolute Gasteiger partial charge is 0.480 e. The van der Waals surface area contributed by atoms with Crippen molar-refractivity contribution in [2.45, 2.75) is 13.3 Å². The van der Waals surface area contributed by atoms with E-state index in [1.54, 1.807) is 0 Å². The Morgan fingerprint density at radius 3 is 2.44 bits per heavy atom. The molecule has 4 nitrogen and oxygen atoms in total. The zero-order valence-electron chi connectivity index (χ0n) is 10.6. The standard InChI is InChI=1S/C11H24N2O2S/c1-4-16-9-5-6-13(10-11(14)15)8-7-12(2)3/h4-10H2,1-3H3,(H,14,15). The number of aliphatic carboxylic acids is 1. The zero-order chi connectivity index (χ0) is 12.4. The smallest absolute Gasteiger partial charge is 0.317 e. The summed E-state index contributed by atoms with van der Waals surface area (Å²) in [6, 6.07) is 0. The maximum Gasteiger partial charge on any atom is 0.317 e. The van der Waals surface area contributed by atoms with E-state index in [1.165, 1.54) is 0 Å². The van der Waals surface area contributed by atoms with Gasteiger partial charge < -0.3 is 10.0 Å². The van der Waals surface area contributed by atoms with Gasteiger partial charge in [-0.05, 0) is 38.6 Å². The first kappa shape index (κ1) is 15.7. The topological polar surface area (TPSA) is 43.8 Å². The van der Waals surface area contributed by atoms with E-state index in [0.29, 0.717) is 0 Å². The number of likely N-dealkylation sites (N-methyl/N-ethyl adjacent to an activating group) is 1. The number of carbonyl (C=O) groups is 1. The lowest BCUT2D eigenvalue weighted by molar-refractivity contribution is -0.138. The Morgan fingerprint density at radius 2 is 1.94 bits per heavy atom. The summed E-state index contributed by atoms with van der Waals surface area (Å²) >= 11 is 1.91. The molecule has 96 valence electrons. The summed E-state index contributed by atoms with van der Waals surface area (Å²) in [6.07, 6.45) is 1.07. The molecular weight excluding hydrogens is 224 g/mol. The van der Waals surface area contributed by atoms with Crippen LogP contribution < -0.4 is 0 Å². The molecule has 0 amide bonds. The van der Waals surface area contributed by atoms with Crippen LogP contribution in [0.1, 0.15) is 13.3 Å². The Bertz CT molecular complexity index is 189. The molecule has 0 atom stereocenters. The molecule has 0 rings (SSSR count). The number of rotatable bonds is 10. The monoisotopic (exact) mass is 248 g/mol. The average Bonchev–Trinajstić information content (AvgIpc) is 2.19. The second-order valence-corrected chi connectivity index (χ2v) is 5.42. The lowest BCUT2D eigenvalue weighted by Gasteiger charge is -2.22. The van der Waals surface area contributed by atoms with Crippen LogP contribution in [-0.2, 0) is 4.79 Å². The maximum atomic E-state index is 10.7. The molecule has 0 aliphatic rings. The minimum Gasteiger partial charge on any atom is -0.480 e. The Morgan fingerprint density at radius 1 is 1.25 bits per heavy atom. The minimum atomic E-state index is -0.734. The number of hydrogen-bond donors (Lipinski definition) is 1. The van der Waals surface area contributed by atoms with Crippen LogP contribution in [0.4, 0.5) is 0 Å². The van der Waals surface area contributed by atoms with E-state index >= 15 is 0 Å². The van der Waals surface area contributed by atoms with Gasteiger partial charge in [-0.15, -0.1) is 0 Å². The molecule has 16 heavy (non-hydrogen) atoms. The minimum absolute atomic E-state index is 0.157. The summed E-state index contributed by atoms with van der Waals surface area (Å²) in [4.78, 5) is 14.8. The van der Waals surface area contributed by atoms with Crippen LogP contribution in [0.3, 0.4) is 0 Å². The zero-order valence-corrected chi connectivity index (χ0v) is 11.4. The van der Waals surface area contributed by atoms with Crippen molar-refractivity contribution in [3.8, 4) is 0 Å². The highest BCUT2D eigenvalue weighted by atomic mass is 32.2. The predicted molar refractivity (Wildman–Crippen MR) is 70.2 cm³/mol. The molecule has 0 aliphatic heterocycles. The van der Waals surface area contributed by atoms with Crippen molar-refractivity contribution < 1.29 is 9.90 Å². The van der Waals surface area contributed by atoms with Crippen molar-refractivity contribution in [3.05, 3.63) is 0 Å². The number of nitrogens with zero attached hydrogens (tertiary/aromatic N) is 2. The Kier molecular flexibility index (Phi) is 9.77. The first-order valence-electron chi connectivity index (χ1n) is 5.73. The molecule has 0 unspecified atom stereocenters. The molecule has 0 fully saturated rings. The highest BCUT2D eigenvalue weighted by Crippen LogP contribution is 2.02. The van der Waals surface area contributed by atoms with Crippen LogP contribution in [0.25, 0.3) is 0 Å². The molecule has 0 spiro atoms. The van der Waals surface area contributed by atoms with E-state index in [1.807, 2.05) is 30.8 Å². The number of carboxylic acids is 1. The van der Waals surface area contributed by atoms with E-state index < -0.39 is 5.97 Å². The van der Waals surface area contributed by atoms with Gasteiger partial charge in [0.25, 0.3) is 0 Å². The summed E-state index contributed by atoms with van der Waals surface area (Å²) < 4.78 is 0. The summed E-state index contributed by atoms with van der Waals surface area (Å²) in [5.74, 6) is 1.52. The van der Waals surface area contributed by atoms with Crippen molar-refractivity contribution >= 4 is 17.7 Å². The second kappa shape index (κ2) is 9.93. The van der Waals surface area contributed by atoms with Gasteiger partial charge >= 0.3 is 5.97 Å². The van der Waals surface area contributed by atoms with Crippen LogP contribution in [0.2, 0.25) is 0 Å². The fraction of sp³-hybridized carbons (Fsp3) is 0.909. The quantitative estimate of drug-likeness (QED) is 0.586. The first-order valence-corrected chi connectivity index (χ1v) is 6.88. The summed E-state index contributed by atoms with van der Waals surface area (Å²) in [5, 5.41) is 8.79. The summed E-state index contributed by atoms with van der Waals surface area (Å²) in [5.41, 5.74) is 0. The van der Waals surface area contributed by atoms with E-state index in [9.17, 15) is 4.79 Å². The van der Waals surface area contributed by atoms with Crippen LogP contribution in [0.15, 0.2) is 0 Å². The molecule has 0 aromatic rings. The van der Waals surface area contributed by atoms with Crippen molar-refractivity contribution in [2.75, 3.05) is 51.8 Å². The van der Waals surface area contributed by atoms with Crippen molar-refractivity contribution in [1.29, 1.82) is 0 Å². The SMILES string of the molecule is CCSCCCN(CCN(C)C)CC(=O)O. The highest BCUT2D eigenvalue weighted by Gasteiger charge is 2.09. The van der Waals surface area contributed by atoms with E-state index in [4.69, 9.17) is 5.11 Å². The third-order valence-corrected chi connectivity index (χ3v) is 3.18. The molecule has 0 saturated heterocycles. The van der Waals surface area contributed by atoms with Crippen molar-refractivity contribution in [3.63, 3.8) is 0 Å². The van der Waals surface area contributed by atoms with Gasteiger partial charge in [0, 0.05) is 13.1 Å². The number of carboxylic acid groups (broad SMARTS) is 1. The Labute approximate surface area is 103 Å². The third-order valence-electron chi connectivity index (χ3n) is 2.19. The molecule has 0 saturated carbocycles. The fourth-order valence-electron chi connectivity index (χ4n) is 1.34. The van der Waals surface area contributed by atoms with Gasteiger partial charge in [-0.1, -0.05) is 6.92 Å². The Balaban J connectivity index is 3.76. The lowest BCUT2D eigenvalue weighted by Crippen LogP contribution is -2.36. The van der Waals surface area contributed by atoms with Gasteiger partial charge in [0.2, 0.25) is 0 Å². The molecular formula is C11H24N2O2S. The van der Waals surface area contributed by atoms with Gasteiger partial charge in [-0.3, -0.25) is 9.69 Å². The third kappa shape index (κ3) is 10.3. The molecule has 0 radical (unpaired) electrons. The number of thioether (sulfide) groups is 1. The first-order chi connectivity index (χ1) is 7.56. The molecule has 5 heteroatoms. The number of hydrogen-bond acceptors (Lipinski definition) is 4. The fourth-order valence-corrected chi connectivity index (χ4v) is 1.96. The summed E-state index contributed by atoms with van der Waals surface area (Å²) in [7, 11) is 4.01. The molecule has 0 heterocycles. The normalized spacial score (nSPS) is 11.3. The van der Waals surface area contributed by atoms with Crippen molar-refractivity contribution in [2.24, 2.45) is 0 Å². The van der Waals surface area contributed by atoms with Crippen LogP contribution >= 0.6 is 11.8 Å². The lowest BCUT2D eigenvalue weighted by atomic mass is 10.4. The van der Waals surface area contributed by atoms with Crippen molar-refractivity contribution in [1.82, 2.24) is 9.80 Å². The summed E-state index contributed by atoms with van der Waals surface area (Å²) in [6.45, 7) is 4.92. The van der Waals surface area contributed by atoms with Crippen LogP contribution in [0.5, 0.6) is 0 Å². The molecule has 0 bridgehead atoms. The van der Waals surface area contributed by atoms with E-state index in [-0.39, 0.29) is 6.54 Å². The van der Waals surface area contributed by atoms with E-state index in [2.05, 4.69) is 11.8 Å². The van der Waals surface area contributed by atoms with Gasteiger partial charge in [0.05, 0.1) is 6.54 Å². The van der Waals surface area contributed by atoms with Crippen LogP contribution in [-0.4, -0.2) is 72.7 Å². The van der Waals surface area contributed by atoms with Gasteiger partial charge in [0.15, 0.2) is 0 Å². The van der Waals surface area contributed by atoms with Gasteiger partial charge in [0.1, 0.15) is 0 Å². The maximum absolute atomic E-state index is 10.7. The van der Waals surface area contributed by atoms with Gasteiger partial charge in [-0.25, -0.2) is 0 Å². The molecule has 0 aliphatic carbocycles. The average molecular weight is 248 g/mol. The molecule has 0 aromatic heterocycles. The van der Waals surface area contributed by atoms with E-state index in [0.717, 1.165) is 37.6 Å². The molecule has 0 aromatic carbocycles. The predicted octanol–water partition coefficient (Wildman–Crippen LogP) is 1.08. The molecule has 1 N–H and O–H groups in total. The highest BCUT2D eigenvalue weighted by molar-refractivity contribution is 7.99. The van der Waals surface area contributed by atoms with Crippen LogP contribution in [0, 0.1) is 0 Å². The Hall–Kier alpha value is -0.260. The van der Waals surface area contributed by atoms with Gasteiger partial charge in [-0.2, -0.15) is 11.8 Å².